The Labute approximate surface area is 98.7 Å². The molecule has 0 fully saturated rings. The topological polar surface area (TPSA) is 24.9 Å². The molecule has 0 unspecified atom stereocenters. The van der Waals surface area contributed by atoms with Crippen LogP contribution in [0.15, 0.2) is 18.2 Å². The lowest BCUT2D eigenvalue weighted by molar-refractivity contribution is 0.510. The third-order valence-electron chi connectivity index (χ3n) is 2.69. The molecular weight excluding hydrogens is 222 g/mol. The number of nitrogens with zero attached hydrogens (tertiary/aromatic N) is 1. The van der Waals surface area contributed by atoms with Crippen molar-refractivity contribution < 1.29 is 8.78 Å². The second-order valence-corrected chi connectivity index (χ2v) is 3.96. The van der Waals surface area contributed by atoms with Crippen LogP contribution in [0.3, 0.4) is 0 Å². The zero-order valence-electron chi connectivity index (χ0n) is 9.85. The van der Waals surface area contributed by atoms with E-state index in [-0.39, 0.29) is 0 Å². The number of pyridine rings is 1. The number of nitrogens with one attached hydrogen (secondary N) is 1. The van der Waals surface area contributed by atoms with Gasteiger partial charge < -0.3 is 5.32 Å². The van der Waals surface area contributed by atoms with Gasteiger partial charge in [0, 0.05) is 18.5 Å². The third-order valence-corrected chi connectivity index (χ3v) is 2.69. The van der Waals surface area contributed by atoms with E-state index in [9.17, 15) is 8.78 Å². The molecule has 0 atom stereocenters. The first-order valence-corrected chi connectivity index (χ1v) is 5.62. The summed E-state index contributed by atoms with van der Waals surface area (Å²) in [6.45, 7) is 2.06. The fourth-order valence-corrected chi connectivity index (χ4v) is 1.89. The molecule has 4 heteroatoms. The van der Waals surface area contributed by atoms with E-state index < -0.39 is 11.6 Å². The van der Waals surface area contributed by atoms with Crippen LogP contribution in [0.5, 0.6) is 0 Å². The summed E-state index contributed by atoms with van der Waals surface area (Å²) in [6, 6.07) is 4.18. The Bertz CT molecular complexity index is 553. The summed E-state index contributed by atoms with van der Waals surface area (Å²) in [5.41, 5.74) is 1.49. The van der Waals surface area contributed by atoms with Crippen LogP contribution in [0.2, 0.25) is 0 Å². The summed E-state index contributed by atoms with van der Waals surface area (Å²) in [5.74, 6) is -0.973. The summed E-state index contributed by atoms with van der Waals surface area (Å²) in [6.07, 6.45) is 1.84. The lowest BCUT2D eigenvalue weighted by Crippen LogP contribution is -2.00. The molecule has 1 aromatic carbocycles. The fourth-order valence-electron chi connectivity index (χ4n) is 1.89. The molecule has 0 aliphatic carbocycles. The van der Waals surface area contributed by atoms with E-state index in [2.05, 4.69) is 17.2 Å². The number of benzene rings is 1. The highest BCUT2D eigenvalue weighted by molar-refractivity contribution is 5.81. The molecule has 0 aliphatic heterocycles. The normalized spacial score (nSPS) is 10.8. The highest BCUT2D eigenvalue weighted by atomic mass is 19.2. The summed E-state index contributed by atoms with van der Waals surface area (Å²) >= 11 is 0. The van der Waals surface area contributed by atoms with Crippen molar-refractivity contribution in [2.75, 3.05) is 12.4 Å². The van der Waals surface area contributed by atoms with Crippen molar-refractivity contribution in [3.8, 4) is 0 Å². The minimum Gasteiger partial charge on any atom is -0.373 e. The highest BCUT2D eigenvalue weighted by Crippen LogP contribution is 2.23. The minimum absolute atomic E-state index is 0.466. The Morgan fingerprint density at radius 3 is 2.53 bits per heavy atom. The van der Waals surface area contributed by atoms with E-state index in [4.69, 9.17) is 0 Å². The van der Waals surface area contributed by atoms with E-state index in [1.54, 1.807) is 7.05 Å². The Morgan fingerprint density at radius 1 is 1.18 bits per heavy atom. The van der Waals surface area contributed by atoms with Crippen molar-refractivity contribution in [3.63, 3.8) is 0 Å². The Hall–Kier alpha value is -1.71. The number of rotatable bonds is 3. The van der Waals surface area contributed by atoms with Crippen LogP contribution in [0.4, 0.5) is 14.6 Å². The van der Waals surface area contributed by atoms with Crippen LogP contribution in [0.1, 0.15) is 18.9 Å². The van der Waals surface area contributed by atoms with Crippen molar-refractivity contribution in [3.05, 3.63) is 35.4 Å². The predicted molar refractivity (Wildman–Crippen MR) is 65.2 cm³/mol. The van der Waals surface area contributed by atoms with Crippen molar-refractivity contribution in [2.24, 2.45) is 0 Å². The zero-order chi connectivity index (χ0) is 12.4. The summed E-state index contributed by atoms with van der Waals surface area (Å²) in [5, 5.41) is 3.61. The molecule has 0 spiro atoms. The maximum Gasteiger partial charge on any atom is 0.161 e. The van der Waals surface area contributed by atoms with Gasteiger partial charge in [0.15, 0.2) is 11.6 Å². The molecule has 1 heterocycles. The van der Waals surface area contributed by atoms with Gasteiger partial charge in [-0.3, -0.25) is 0 Å². The summed E-state index contributed by atoms with van der Waals surface area (Å²) < 4.78 is 26.2. The minimum atomic E-state index is -0.865. The first-order chi connectivity index (χ1) is 8.15. The summed E-state index contributed by atoms with van der Waals surface area (Å²) in [4.78, 5) is 4.30. The monoisotopic (exact) mass is 236 g/mol. The van der Waals surface area contributed by atoms with Gasteiger partial charge in [-0.2, -0.15) is 0 Å². The molecule has 0 aliphatic rings. The molecule has 1 aromatic heterocycles. The highest BCUT2D eigenvalue weighted by Gasteiger charge is 2.09. The standard InChI is InChI=1S/C13H14F2N2/c1-3-4-8-5-9-6-10(14)11(15)7-12(9)17-13(8)16-2/h5-7H,3-4H2,1-2H3,(H,16,17). The van der Waals surface area contributed by atoms with Gasteiger partial charge in [0.05, 0.1) is 5.52 Å². The van der Waals surface area contributed by atoms with E-state index >= 15 is 0 Å². The first-order valence-electron chi connectivity index (χ1n) is 5.62. The maximum atomic E-state index is 13.1. The first kappa shape index (κ1) is 11.8. The molecule has 90 valence electrons. The molecule has 0 bridgehead atoms. The van der Waals surface area contributed by atoms with Gasteiger partial charge in [-0.1, -0.05) is 13.3 Å². The van der Waals surface area contributed by atoms with Crippen molar-refractivity contribution in [1.82, 2.24) is 4.98 Å². The molecule has 0 radical (unpaired) electrons. The quantitative estimate of drug-likeness (QED) is 0.882. The Kier molecular flexibility index (Phi) is 3.22. The SMILES string of the molecule is CCCc1cc2cc(F)c(F)cc2nc1NC. The molecule has 0 saturated carbocycles. The van der Waals surface area contributed by atoms with Gasteiger partial charge in [0.25, 0.3) is 0 Å². The van der Waals surface area contributed by atoms with Crippen LogP contribution in [0.25, 0.3) is 10.9 Å². The Morgan fingerprint density at radius 2 is 1.88 bits per heavy atom. The van der Waals surface area contributed by atoms with Crippen molar-refractivity contribution >= 4 is 16.7 Å². The second kappa shape index (κ2) is 4.65. The van der Waals surface area contributed by atoms with Crippen LogP contribution < -0.4 is 5.32 Å². The molecule has 1 N–H and O–H groups in total. The van der Waals surface area contributed by atoms with Crippen LogP contribution in [-0.2, 0) is 6.42 Å². The lowest BCUT2D eigenvalue weighted by Gasteiger charge is -2.09. The number of hydrogen-bond donors (Lipinski definition) is 1. The maximum absolute atomic E-state index is 13.1. The number of aromatic nitrogens is 1. The largest absolute Gasteiger partial charge is 0.373 e. The third kappa shape index (κ3) is 2.20. The van der Waals surface area contributed by atoms with E-state index in [1.165, 1.54) is 6.07 Å². The summed E-state index contributed by atoms with van der Waals surface area (Å²) in [7, 11) is 1.77. The second-order valence-electron chi connectivity index (χ2n) is 3.96. The molecular formula is C13H14F2N2. The smallest absolute Gasteiger partial charge is 0.161 e. The number of fused-ring (bicyclic) bond motifs is 1. The number of hydrogen-bond acceptors (Lipinski definition) is 2. The van der Waals surface area contributed by atoms with Gasteiger partial charge in [0.1, 0.15) is 5.82 Å². The molecule has 2 rings (SSSR count). The predicted octanol–water partition coefficient (Wildman–Crippen LogP) is 3.51. The van der Waals surface area contributed by atoms with E-state index in [0.717, 1.165) is 30.3 Å². The van der Waals surface area contributed by atoms with E-state index in [0.29, 0.717) is 10.9 Å². The van der Waals surface area contributed by atoms with Gasteiger partial charge >= 0.3 is 0 Å². The fraction of sp³-hybridized carbons (Fsp3) is 0.308. The molecule has 17 heavy (non-hydrogen) atoms. The Balaban J connectivity index is 2.65. The number of aryl methyl sites for hydroxylation is 1. The molecule has 0 saturated heterocycles. The lowest BCUT2D eigenvalue weighted by atomic mass is 10.1. The average Bonchev–Trinajstić information content (AvgIpc) is 2.31. The molecule has 0 amide bonds. The van der Waals surface area contributed by atoms with Gasteiger partial charge in [0.2, 0.25) is 0 Å². The number of halogens is 2. The zero-order valence-corrected chi connectivity index (χ0v) is 9.85. The van der Waals surface area contributed by atoms with Crippen LogP contribution >= 0.6 is 0 Å². The van der Waals surface area contributed by atoms with Crippen molar-refractivity contribution in [1.29, 1.82) is 0 Å². The van der Waals surface area contributed by atoms with E-state index in [1.807, 2.05) is 6.07 Å². The van der Waals surface area contributed by atoms with Crippen LogP contribution in [-0.4, -0.2) is 12.0 Å². The molecule has 2 aromatic rings. The van der Waals surface area contributed by atoms with Crippen LogP contribution in [0, 0.1) is 11.6 Å². The van der Waals surface area contributed by atoms with Crippen molar-refractivity contribution in [2.45, 2.75) is 19.8 Å². The number of anilines is 1. The average molecular weight is 236 g/mol. The van der Waals surface area contributed by atoms with Gasteiger partial charge in [-0.05, 0) is 24.1 Å². The van der Waals surface area contributed by atoms with Gasteiger partial charge in [-0.25, -0.2) is 13.8 Å². The van der Waals surface area contributed by atoms with Gasteiger partial charge in [-0.15, -0.1) is 0 Å². The molecule has 2 nitrogen and oxygen atoms in total.